The zero-order valence-electron chi connectivity index (χ0n) is 9.30. The molecule has 1 saturated heterocycles. The third-order valence-electron chi connectivity index (χ3n) is 2.83. The average molecular weight is 240 g/mol. The van der Waals surface area contributed by atoms with E-state index in [1.54, 1.807) is 0 Å². The largest absolute Gasteiger partial charge is 0.351 e. The first-order valence-electron chi connectivity index (χ1n) is 5.62. The van der Waals surface area contributed by atoms with E-state index in [1.165, 1.54) is 6.07 Å². The number of carbonyl (C=O) groups excluding carboxylic acids is 1. The molecule has 1 aromatic rings. The van der Waals surface area contributed by atoms with E-state index in [0.29, 0.717) is 5.56 Å². The highest BCUT2D eigenvalue weighted by atomic mass is 19.2. The number of amides is 1. The van der Waals surface area contributed by atoms with Crippen molar-refractivity contribution in [1.82, 2.24) is 10.6 Å². The Morgan fingerprint density at radius 1 is 1.41 bits per heavy atom. The molecule has 92 valence electrons. The topological polar surface area (TPSA) is 41.1 Å². The highest BCUT2D eigenvalue weighted by molar-refractivity contribution is 5.81. The summed E-state index contributed by atoms with van der Waals surface area (Å²) >= 11 is 0. The minimum absolute atomic E-state index is 0.0905. The molecule has 1 heterocycles. The van der Waals surface area contributed by atoms with Crippen LogP contribution in [0.5, 0.6) is 0 Å². The molecule has 1 atom stereocenters. The molecule has 0 bridgehead atoms. The second-order valence-corrected chi connectivity index (χ2v) is 4.12. The summed E-state index contributed by atoms with van der Waals surface area (Å²) in [4.78, 5) is 11.6. The molecule has 0 aliphatic carbocycles. The highest BCUT2D eigenvalue weighted by Gasteiger charge is 2.21. The van der Waals surface area contributed by atoms with E-state index in [4.69, 9.17) is 0 Å². The summed E-state index contributed by atoms with van der Waals surface area (Å²) in [6.07, 6.45) is 1.81. The van der Waals surface area contributed by atoms with Crippen molar-refractivity contribution in [1.29, 1.82) is 0 Å². The summed E-state index contributed by atoms with van der Waals surface area (Å²) < 4.78 is 25.6. The van der Waals surface area contributed by atoms with Crippen molar-refractivity contribution >= 4 is 5.91 Å². The van der Waals surface area contributed by atoms with Gasteiger partial charge >= 0.3 is 0 Å². The van der Waals surface area contributed by atoms with Crippen molar-refractivity contribution in [3.63, 3.8) is 0 Å². The Balaban J connectivity index is 1.88. The smallest absolute Gasteiger partial charge is 0.237 e. The molecule has 5 heteroatoms. The molecular formula is C12H14F2N2O. The van der Waals surface area contributed by atoms with Crippen LogP contribution in [0.25, 0.3) is 0 Å². The van der Waals surface area contributed by atoms with E-state index < -0.39 is 11.6 Å². The van der Waals surface area contributed by atoms with Crippen molar-refractivity contribution in [2.24, 2.45) is 0 Å². The minimum atomic E-state index is -0.893. The molecule has 0 saturated carbocycles. The fourth-order valence-corrected chi connectivity index (χ4v) is 1.87. The van der Waals surface area contributed by atoms with Crippen molar-refractivity contribution < 1.29 is 13.6 Å². The monoisotopic (exact) mass is 240 g/mol. The van der Waals surface area contributed by atoms with Gasteiger partial charge in [0.05, 0.1) is 6.04 Å². The number of halogens is 2. The van der Waals surface area contributed by atoms with Gasteiger partial charge in [-0.15, -0.1) is 0 Å². The molecule has 0 unspecified atom stereocenters. The number of hydrogen-bond acceptors (Lipinski definition) is 2. The van der Waals surface area contributed by atoms with E-state index in [2.05, 4.69) is 10.6 Å². The summed E-state index contributed by atoms with van der Waals surface area (Å²) in [5.41, 5.74) is 0.551. The van der Waals surface area contributed by atoms with Crippen LogP contribution in [0.2, 0.25) is 0 Å². The van der Waals surface area contributed by atoms with Gasteiger partial charge in [-0.05, 0) is 37.1 Å². The predicted octanol–water partition coefficient (Wildman–Crippen LogP) is 1.33. The SMILES string of the molecule is O=C(NCc1ccc(F)c(F)c1)[C@@H]1CCCN1. The fraction of sp³-hybridized carbons (Fsp3) is 0.417. The predicted molar refractivity (Wildman–Crippen MR) is 59.2 cm³/mol. The van der Waals surface area contributed by atoms with Gasteiger partial charge in [0.1, 0.15) is 0 Å². The maximum absolute atomic E-state index is 12.9. The van der Waals surface area contributed by atoms with Gasteiger partial charge in [0.15, 0.2) is 11.6 Å². The van der Waals surface area contributed by atoms with Crippen LogP contribution in [-0.2, 0) is 11.3 Å². The first kappa shape index (κ1) is 12.0. The Bertz CT molecular complexity index is 417. The Hall–Kier alpha value is -1.49. The Morgan fingerprint density at radius 2 is 2.24 bits per heavy atom. The second kappa shape index (κ2) is 5.23. The third kappa shape index (κ3) is 3.00. The Kier molecular flexibility index (Phi) is 3.68. The van der Waals surface area contributed by atoms with Gasteiger partial charge in [-0.3, -0.25) is 4.79 Å². The standard InChI is InChI=1S/C12H14F2N2O/c13-9-4-3-8(6-10(9)14)7-16-12(17)11-2-1-5-15-11/h3-4,6,11,15H,1-2,5,7H2,(H,16,17)/t11-/m0/s1. The molecule has 1 aliphatic rings. The lowest BCUT2D eigenvalue weighted by atomic mass is 10.2. The molecule has 0 aromatic heterocycles. The van der Waals surface area contributed by atoms with Crippen LogP contribution in [0.4, 0.5) is 8.78 Å². The molecule has 0 spiro atoms. The van der Waals surface area contributed by atoms with Crippen LogP contribution in [-0.4, -0.2) is 18.5 Å². The van der Waals surface area contributed by atoms with E-state index >= 15 is 0 Å². The quantitative estimate of drug-likeness (QED) is 0.837. The van der Waals surface area contributed by atoms with Crippen molar-refractivity contribution in [2.75, 3.05) is 6.54 Å². The molecule has 1 aliphatic heterocycles. The van der Waals surface area contributed by atoms with Crippen LogP contribution in [0, 0.1) is 11.6 Å². The van der Waals surface area contributed by atoms with Gasteiger partial charge in [-0.1, -0.05) is 6.07 Å². The highest BCUT2D eigenvalue weighted by Crippen LogP contribution is 2.09. The number of carbonyl (C=O) groups is 1. The zero-order chi connectivity index (χ0) is 12.3. The van der Waals surface area contributed by atoms with Gasteiger partial charge in [-0.25, -0.2) is 8.78 Å². The summed E-state index contributed by atoms with van der Waals surface area (Å²) in [6, 6.07) is 3.46. The summed E-state index contributed by atoms with van der Waals surface area (Å²) in [5, 5.41) is 5.76. The Morgan fingerprint density at radius 3 is 2.88 bits per heavy atom. The summed E-state index contributed by atoms with van der Waals surface area (Å²) in [6.45, 7) is 1.07. The zero-order valence-corrected chi connectivity index (χ0v) is 9.30. The molecule has 1 aromatic carbocycles. The number of nitrogens with one attached hydrogen (secondary N) is 2. The summed E-state index contributed by atoms with van der Waals surface area (Å²) in [7, 11) is 0. The lowest BCUT2D eigenvalue weighted by Crippen LogP contribution is -2.40. The average Bonchev–Trinajstić information content (AvgIpc) is 2.84. The molecule has 1 fully saturated rings. The molecule has 0 radical (unpaired) electrons. The number of benzene rings is 1. The third-order valence-corrected chi connectivity index (χ3v) is 2.83. The maximum Gasteiger partial charge on any atom is 0.237 e. The van der Waals surface area contributed by atoms with Crippen molar-refractivity contribution in [3.8, 4) is 0 Å². The first-order valence-corrected chi connectivity index (χ1v) is 5.62. The maximum atomic E-state index is 12.9. The van der Waals surface area contributed by atoms with Gasteiger partial charge in [0.2, 0.25) is 5.91 Å². The molecule has 2 rings (SSSR count). The normalized spacial score (nSPS) is 19.3. The van der Waals surface area contributed by atoms with Crippen LogP contribution in [0.3, 0.4) is 0 Å². The van der Waals surface area contributed by atoms with E-state index in [9.17, 15) is 13.6 Å². The molecule has 17 heavy (non-hydrogen) atoms. The van der Waals surface area contributed by atoms with E-state index in [0.717, 1.165) is 31.5 Å². The van der Waals surface area contributed by atoms with Crippen LogP contribution < -0.4 is 10.6 Å². The van der Waals surface area contributed by atoms with Crippen LogP contribution in [0.15, 0.2) is 18.2 Å². The van der Waals surface area contributed by atoms with E-state index in [-0.39, 0.29) is 18.5 Å². The van der Waals surface area contributed by atoms with Gasteiger partial charge < -0.3 is 10.6 Å². The molecule has 3 nitrogen and oxygen atoms in total. The molecular weight excluding hydrogens is 226 g/mol. The number of rotatable bonds is 3. The lowest BCUT2D eigenvalue weighted by Gasteiger charge is -2.11. The minimum Gasteiger partial charge on any atom is -0.351 e. The van der Waals surface area contributed by atoms with Crippen LogP contribution >= 0.6 is 0 Å². The second-order valence-electron chi connectivity index (χ2n) is 4.12. The summed E-state index contributed by atoms with van der Waals surface area (Å²) in [5.74, 6) is -1.86. The van der Waals surface area contributed by atoms with Crippen molar-refractivity contribution in [2.45, 2.75) is 25.4 Å². The van der Waals surface area contributed by atoms with Gasteiger partial charge in [-0.2, -0.15) is 0 Å². The number of hydrogen-bond donors (Lipinski definition) is 2. The fourth-order valence-electron chi connectivity index (χ4n) is 1.87. The lowest BCUT2D eigenvalue weighted by molar-refractivity contribution is -0.122. The van der Waals surface area contributed by atoms with E-state index in [1.807, 2.05) is 0 Å². The van der Waals surface area contributed by atoms with Gasteiger partial charge in [0, 0.05) is 6.54 Å². The molecule has 1 amide bonds. The van der Waals surface area contributed by atoms with Gasteiger partial charge in [0.25, 0.3) is 0 Å². The van der Waals surface area contributed by atoms with Crippen LogP contribution in [0.1, 0.15) is 18.4 Å². The van der Waals surface area contributed by atoms with Crippen molar-refractivity contribution in [3.05, 3.63) is 35.4 Å². The molecule has 2 N–H and O–H groups in total. The first-order chi connectivity index (χ1) is 8.16. The Labute approximate surface area is 98.2 Å².